The van der Waals surface area contributed by atoms with Crippen molar-refractivity contribution >= 4 is 29.1 Å². The number of amides is 2. The number of nitrogens with one attached hydrogen (secondary N) is 1. The molecule has 26 heavy (non-hydrogen) atoms. The van der Waals surface area contributed by atoms with Gasteiger partial charge in [-0.2, -0.15) is 0 Å². The second kappa shape index (κ2) is 7.12. The van der Waals surface area contributed by atoms with Crippen molar-refractivity contribution in [1.29, 1.82) is 0 Å². The number of anilines is 1. The van der Waals surface area contributed by atoms with Crippen molar-refractivity contribution in [2.24, 2.45) is 5.92 Å². The van der Waals surface area contributed by atoms with Crippen LogP contribution < -0.4 is 10.2 Å². The maximum atomic E-state index is 12.8. The van der Waals surface area contributed by atoms with E-state index in [4.69, 9.17) is 11.6 Å². The molecule has 2 unspecified atom stereocenters. The lowest BCUT2D eigenvalue weighted by atomic mass is 9.87. The first-order valence-electron chi connectivity index (χ1n) is 9.08. The molecule has 4 nitrogen and oxygen atoms in total. The third-order valence-electron chi connectivity index (χ3n) is 5.35. The van der Waals surface area contributed by atoms with Gasteiger partial charge in [0.2, 0.25) is 11.8 Å². The van der Waals surface area contributed by atoms with Gasteiger partial charge >= 0.3 is 0 Å². The number of benzene rings is 2. The average molecular weight is 369 g/mol. The minimum atomic E-state index is -0.611. The van der Waals surface area contributed by atoms with Crippen LogP contribution in [0.15, 0.2) is 48.5 Å². The Balaban J connectivity index is 1.46. The number of nitrogens with zero attached hydrogens (tertiary/aromatic N) is 1. The van der Waals surface area contributed by atoms with Crippen LogP contribution in [0, 0.1) is 5.92 Å². The highest BCUT2D eigenvalue weighted by Gasteiger charge is 2.38. The second-order valence-electron chi connectivity index (χ2n) is 6.96. The summed E-state index contributed by atoms with van der Waals surface area (Å²) in [5.41, 5.74) is 3.27. The van der Waals surface area contributed by atoms with Crippen LogP contribution in [0.1, 0.15) is 36.4 Å². The maximum absolute atomic E-state index is 12.8. The van der Waals surface area contributed by atoms with Crippen molar-refractivity contribution in [3.05, 3.63) is 64.7 Å². The van der Waals surface area contributed by atoms with Gasteiger partial charge in [0.25, 0.3) is 0 Å². The van der Waals surface area contributed by atoms with Crippen LogP contribution in [0.2, 0.25) is 5.02 Å². The molecule has 1 heterocycles. The lowest BCUT2D eigenvalue weighted by molar-refractivity contribution is -0.132. The highest BCUT2D eigenvalue weighted by atomic mass is 35.5. The van der Waals surface area contributed by atoms with Crippen molar-refractivity contribution in [3.8, 4) is 0 Å². The van der Waals surface area contributed by atoms with Crippen molar-refractivity contribution < 1.29 is 9.59 Å². The molecule has 4 rings (SSSR count). The van der Waals surface area contributed by atoms with Gasteiger partial charge in [-0.1, -0.05) is 35.9 Å². The molecule has 1 aliphatic heterocycles. The Labute approximate surface area is 158 Å². The van der Waals surface area contributed by atoms with E-state index in [1.165, 1.54) is 11.1 Å². The molecule has 1 fully saturated rings. The molecule has 2 amide bonds. The molecule has 0 spiro atoms. The smallest absolute Gasteiger partial charge is 0.239 e. The maximum Gasteiger partial charge on any atom is 0.239 e. The SMILES string of the molecule is O=C(NC1CCCc2ccccc21)C1CCN(c2ccc(Cl)cc2)C1=O. The zero-order valence-corrected chi connectivity index (χ0v) is 15.2. The monoisotopic (exact) mass is 368 g/mol. The number of aryl methyl sites for hydroxylation is 1. The van der Waals surface area contributed by atoms with Gasteiger partial charge in [-0.25, -0.2) is 0 Å². The number of fused-ring (bicyclic) bond motifs is 1. The molecule has 1 saturated heterocycles. The molecular weight excluding hydrogens is 348 g/mol. The van der Waals surface area contributed by atoms with E-state index in [1.807, 2.05) is 24.3 Å². The van der Waals surface area contributed by atoms with Crippen molar-refractivity contribution in [2.75, 3.05) is 11.4 Å². The Morgan fingerprint density at radius 1 is 1.08 bits per heavy atom. The molecule has 2 aromatic rings. The Morgan fingerprint density at radius 3 is 2.65 bits per heavy atom. The van der Waals surface area contributed by atoms with Crippen LogP contribution in [0.5, 0.6) is 0 Å². The van der Waals surface area contributed by atoms with Crippen LogP contribution in [0.3, 0.4) is 0 Å². The average Bonchev–Trinajstić information content (AvgIpc) is 3.04. The van der Waals surface area contributed by atoms with Crippen LogP contribution in [0.4, 0.5) is 5.69 Å². The molecule has 0 bridgehead atoms. The lowest BCUT2D eigenvalue weighted by Crippen LogP contribution is -2.39. The van der Waals surface area contributed by atoms with Gasteiger partial charge in [0.15, 0.2) is 0 Å². The normalized spacial score (nSPS) is 22.2. The van der Waals surface area contributed by atoms with E-state index in [0.717, 1.165) is 24.9 Å². The number of halogens is 1. The van der Waals surface area contributed by atoms with Crippen LogP contribution in [-0.2, 0) is 16.0 Å². The highest BCUT2D eigenvalue weighted by Crippen LogP contribution is 2.31. The van der Waals surface area contributed by atoms with Gasteiger partial charge < -0.3 is 10.2 Å². The van der Waals surface area contributed by atoms with E-state index < -0.39 is 5.92 Å². The van der Waals surface area contributed by atoms with Gasteiger partial charge in [0.1, 0.15) is 5.92 Å². The predicted octanol–water partition coefficient (Wildman–Crippen LogP) is 3.89. The van der Waals surface area contributed by atoms with Gasteiger partial charge in [0, 0.05) is 17.3 Å². The van der Waals surface area contributed by atoms with Crippen molar-refractivity contribution in [2.45, 2.75) is 31.7 Å². The van der Waals surface area contributed by atoms with E-state index in [-0.39, 0.29) is 17.9 Å². The summed E-state index contributed by atoms with van der Waals surface area (Å²) in [6.07, 6.45) is 3.57. The first-order valence-corrected chi connectivity index (χ1v) is 9.46. The molecule has 134 valence electrons. The van der Waals surface area contributed by atoms with Gasteiger partial charge in [-0.15, -0.1) is 0 Å². The fourth-order valence-corrected chi connectivity index (χ4v) is 4.10. The first-order chi connectivity index (χ1) is 12.6. The van der Waals surface area contributed by atoms with Crippen molar-refractivity contribution in [3.63, 3.8) is 0 Å². The molecule has 5 heteroatoms. The molecular formula is C21H21ClN2O2. The standard InChI is InChI=1S/C21H21ClN2O2/c22-15-8-10-16(11-9-15)24-13-12-18(21(24)26)20(25)23-19-7-3-5-14-4-1-2-6-17(14)19/h1-2,4,6,8-11,18-19H,3,5,7,12-13H2,(H,23,25). The number of carbonyl (C=O) groups excluding carboxylic acids is 2. The summed E-state index contributed by atoms with van der Waals surface area (Å²) in [4.78, 5) is 27.2. The quantitative estimate of drug-likeness (QED) is 0.835. The molecule has 2 aliphatic rings. The van der Waals surface area contributed by atoms with E-state index in [0.29, 0.717) is 18.0 Å². The Kier molecular flexibility index (Phi) is 4.68. The summed E-state index contributed by atoms with van der Waals surface area (Å²) >= 11 is 5.92. The first kappa shape index (κ1) is 17.1. The summed E-state index contributed by atoms with van der Waals surface area (Å²) in [6.45, 7) is 0.555. The number of hydrogen-bond donors (Lipinski definition) is 1. The molecule has 0 aromatic heterocycles. The zero-order valence-electron chi connectivity index (χ0n) is 14.5. The van der Waals surface area contributed by atoms with Gasteiger partial charge in [0.05, 0.1) is 6.04 Å². The fourth-order valence-electron chi connectivity index (χ4n) is 3.98. The largest absolute Gasteiger partial charge is 0.349 e. The Hall–Kier alpha value is -2.33. The van der Waals surface area contributed by atoms with E-state index in [2.05, 4.69) is 17.4 Å². The van der Waals surface area contributed by atoms with Crippen molar-refractivity contribution in [1.82, 2.24) is 5.32 Å². The van der Waals surface area contributed by atoms with Crippen LogP contribution >= 0.6 is 11.6 Å². The van der Waals surface area contributed by atoms with Gasteiger partial charge in [-0.05, 0) is 61.1 Å². The topological polar surface area (TPSA) is 49.4 Å². The molecule has 0 saturated carbocycles. The number of hydrogen-bond acceptors (Lipinski definition) is 2. The fraction of sp³-hybridized carbons (Fsp3) is 0.333. The zero-order chi connectivity index (χ0) is 18.1. The molecule has 2 aromatic carbocycles. The third kappa shape index (κ3) is 3.21. The summed E-state index contributed by atoms with van der Waals surface area (Å²) in [5, 5.41) is 3.75. The Morgan fingerprint density at radius 2 is 1.85 bits per heavy atom. The molecule has 1 aliphatic carbocycles. The second-order valence-corrected chi connectivity index (χ2v) is 7.40. The summed E-state index contributed by atoms with van der Waals surface area (Å²) < 4.78 is 0. The summed E-state index contributed by atoms with van der Waals surface area (Å²) in [6, 6.07) is 15.4. The summed E-state index contributed by atoms with van der Waals surface area (Å²) in [7, 11) is 0. The minimum Gasteiger partial charge on any atom is -0.349 e. The molecule has 2 atom stereocenters. The lowest BCUT2D eigenvalue weighted by Gasteiger charge is -2.27. The van der Waals surface area contributed by atoms with E-state index in [9.17, 15) is 9.59 Å². The predicted molar refractivity (Wildman–Crippen MR) is 102 cm³/mol. The van der Waals surface area contributed by atoms with E-state index >= 15 is 0 Å². The van der Waals surface area contributed by atoms with Crippen LogP contribution in [-0.4, -0.2) is 18.4 Å². The Bertz CT molecular complexity index is 834. The number of rotatable bonds is 3. The minimum absolute atomic E-state index is 0.00447. The molecule has 1 N–H and O–H groups in total. The van der Waals surface area contributed by atoms with Gasteiger partial charge in [-0.3, -0.25) is 9.59 Å². The highest BCUT2D eigenvalue weighted by molar-refractivity contribution is 6.30. The third-order valence-corrected chi connectivity index (χ3v) is 5.60. The molecule has 0 radical (unpaired) electrons. The van der Waals surface area contributed by atoms with Crippen LogP contribution in [0.25, 0.3) is 0 Å². The van der Waals surface area contributed by atoms with E-state index in [1.54, 1.807) is 17.0 Å². The number of carbonyl (C=O) groups is 2. The summed E-state index contributed by atoms with van der Waals surface area (Å²) in [5.74, 6) is -0.901.